The third kappa shape index (κ3) is 3.76. The molecule has 0 saturated carbocycles. The minimum atomic E-state index is -0.859. The van der Waals surface area contributed by atoms with Gasteiger partial charge in [-0.15, -0.1) is 0 Å². The predicted molar refractivity (Wildman–Crippen MR) is 82.5 cm³/mol. The maximum Gasteiger partial charge on any atom is 0.198 e. The van der Waals surface area contributed by atoms with Gasteiger partial charge in [0.25, 0.3) is 0 Å². The Hall–Kier alpha value is -1.55. The molecule has 110 valence electrons. The first-order valence-corrected chi connectivity index (χ1v) is 7.60. The van der Waals surface area contributed by atoms with E-state index in [2.05, 4.69) is 22.9 Å². The number of hydrogen-bond acceptors (Lipinski definition) is 1. The average molecular weight is 353 g/mol. The van der Waals surface area contributed by atoms with Crippen LogP contribution in [0.4, 0.5) is 8.78 Å². The van der Waals surface area contributed by atoms with E-state index in [4.69, 9.17) is 0 Å². The van der Waals surface area contributed by atoms with Gasteiger partial charge in [0.15, 0.2) is 5.78 Å². The molecule has 0 atom stereocenters. The van der Waals surface area contributed by atoms with E-state index in [1.807, 2.05) is 12.1 Å². The number of benzene rings is 2. The lowest BCUT2D eigenvalue weighted by Gasteiger charge is -2.06. The van der Waals surface area contributed by atoms with Gasteiger partial charge in [-0.3, -0.25) is 4.79 Å². The number of aryl methyl sites for hydroxylation is 1. The van der Waals surface area contributed by atoms with E-state index in [0.717, 1.165) is 37.0 Å². The van der Waals surface area contributed by atoms with Crippen molar-refractivity contribution in [1.29, 1.82) is 0 Å². The standard InChI is InChI=1S/C17H15BrF2O/c1-2-3-4-11-5-7-12(8-6-11)17(21)16-14(19)9-13(18)10-15(16)20/h5-10H,2-4H2,1H3. The van der Waals surface area contributed by atoms with Crippen molar-refractivity contribution in [3.63, 3.8) is 0 Å². The van der Waals surface area contributed by atoms with Crippen LogP contribution in [0.3, 0.4) is 0 Å². The summed E-state index contributed by atoms with van der Waals surface area (Å²) in [6.07, 6.45) is 3.10. The topological polar surface area (TPSA) is 17.1 Å². The molecule has 0 heterocycles. The van der Waals surface area contributed by atoms with Crippen molar-refractivity contribution in [2.45, 2.75) is 26.2 Å². The Morgan fingerprint density at radius 2 is 1.67 bits per heavy atom. The van der Waals surface area contributed by atoms with Crippen LogP contribution in [0.25, 0.3) is 0 Å². The first-order valence-electron chi connectivity index (χ1n) is 6.81. The molecule has 4 heteroatoms. The highest BCUT2D eigenvalue weighted by molar-refractivity contribution is 9.10. The second kappa shape index (κ2) is 6.94. The van der Waals surface area contributed by atoms with Crippen LogP contribution < -0.4 is 0 Å². The van der Waals surface area contributed by atoms with Crippen molar-refractivity contribution >= 4 is 21.7 Å². The molecule has 0 aliphatic rings. The highest BCUT2D eigenvalue weighted by Crippen LogP contribution is 2.22. The van der Waals surface area contributed by atoms with Crippen LogP contribution in [0.5, 0.6) is 0 Å². The molecule has 0 fully saturated rings. The van der Waals surface area contributed by atoms with Gasteiger partial charge in [-0.2, -0.15) is 0 Å². The third-order valence-electron chi connectivity index (χ3n) is 3.27. The summed E-state index contributed by atoms with van der Waals surface area (Å²) < 4.78 is 27.9. The summed E-state index contributed by atoms with van der Waals surface area (Å²) in [5, 5.41) is 0. The van der Waals surface area contributed by atoms with Crippen molar-refractivity contribution in [1.82, 2.24) is 0 Å². The SMILES string of the molecule is CCCCc1ccc(C(=O)c2c(F)cc(Br)cc2F)cc1. The molecular weight excluding hydrogens is 338 g/mol. The summed E-state index contributed by atoms with van der Waals surface area (Å²) in [5.74, 6) is -2.36. The van der Waals surface area contributed by atoms with E-state index in [1.54, 1.807) is 12.1 Å². The van der Waals surface area contributed by atoms with Crippen LogP contribution in [0.2, 0.25) is 0 Å². The Balaban J connectivity index is 2.28. The molecule has 0 spiro atoms. The van der Waals surface area contributed by atoms with E-state index < -0.39 is 23.0 Å². The number of ketones is 1. The van der Waals surface area contributed by atoms with Gasteiger partial charge >= 0.3 is 0 Å². The number of carbonyl (C=O) groups excluding carboxylic acids is 1. The fourth-order valence-corrected chi connectivity index (χ4v) is 2.51. The largest absolute Gasteiger partial charge is 0.288 e. The zero-order valence-corrected chi connectivity index (χ0v) is 13.2. The van der Waals surface area contributed by atoms with E-state index >= 15 is 0 Å². The summed E-state index contributed by atoms with van der Waals surface area (Å²) in [6.45, 7) is 2.11. The number of rotatable bonds is 5. The molecule has 0 amide bonds. The number of hydrogen-bond donors (Lipinski definition) is 0. The van der Waals surface area contributed by atoms with E-state index in [-0.39, 0.29) is 10.0 Å². The molecule has 21 heavy (non-hydrogen) atoms. The molecule has 2 aromatic carbocycles. The highest BCUT2D eigenvalue weighted by atomic mass is 79.9. The summed E-state index contributed by atoms with van der Waals surface area (Å²) in [4.78, 5) is 12.2. The van der Waals surface area contributed by atoms with Crippen LogP contribution in [0.1, 0.15) is 41.3 Å². The van der Waals surface area contributed by atoms with Gasteiger partial charge in [0.1, 0.15) is 11.6 Å². The van der Waals surface area contributed by atoms with Gasteiger partial charge in [0.05, 0.1) is 5.56 Å². The van der Waals surface area contributed by atoms with Crippen LogP contribution in [0.15, 0.2) is 40.9 Å². The Labute approximate surface area is 131 Å². The molecule has 2 aromatic rings. The zero-order valence-electron chi connectivity index (χ0n) is 11.6. The number of unbranched alkanes of at least 4 members (excludes halogenated alkanes) is 1. The van der Waals surface area contributed by atoms with Crippen molar-refractivity contribution in [2.24, 2.45) is 0 Å². The van der Waals surface area contributed by atoms with Crippen molar-refractivity contribution in [3.8, 4) is 0 Å². The monoisotopic (exact) mass is 352 g/mol. The van der Waals surface area contributed by atoms with Crippen molar-refractivity contribution < 1.29 is 13.6 Å². The fraction of sp³-hybridized carbons (Fsp3) is 0.235. The average Bonchev–Trinajstić information content (AvgIpc) is 2.44. The van der Waals surface area contributed by atoms with Gasteiger partial charge in [-0.1, -0.05) is 53.5 Å². The molecule has 0 bridgehead atoms. The molecule has 0 radical (unpaired) electrons. The van der Waals surface area contributed by atoms with Crippen molar-refractivity contribution in [2.75, 3.05) is 0 Å². The molecular formula is C17H15BrF2O. The molecule has 0 N–H and O–H groups in total. The molecule has 0 aliphatic carbocycles. The summed E-state index contributed by atoms with van der Waals surface area (Å²) >= 11 is 2.99. The van der Waals surface area contributed by atoms with Crippen LogP contribution in [-0.4, -0.2) is 5.78 Å². The Morgan fingerprint density at radius 3 is 2.19 bits per heavy atom. The predicted octanol–water partition coefficient (Wildman–Crippen LogP) is 5.30. The number of carbonyl (C=O) groups is 1. The smallest absolute Gasteiger partial charge is 0.198 e. The number of halogens is 3. The minimum absolute atomic E-state index is 0.268. The van der Waals surface area contributed by atoms with E-state index in [0.29, 0.717) is 0 Å². The first kappa shape index (κ1) is 15.8. The molecule has 0 saturated heterocycles. The zero-order chi connectivity index (χ0) is 15.4. The van der Waals surface area contributed by atoms with Gasteiger partial charge in [0.2, 0.25) is 0 Å². The third-order valence-corrected chi connectivity index (χ3v) is 3.73. The van der Waals surface area contributed by atoms with Gasteiger partial charge in [-0.25, -0.2) is 8.78 Å². The van der Waals surface area contributed by atoms with E-state index in [9.17, 15) is 13.6 Å². The summed E-state index contributed by atoms with van der Waals surface area (Å²) in [7, 11) is 0. The van der Waals surface area contributed by atoms with Crippen molar-refractivity contribution in [3.05, 3.63) is 69.2 Å². The van der Waals surface area contributed by atoms with Crippen LogP contribution in [0, 0.1) is 11.6 Å². The lowest BCUT2D eigenvalue weighted by molar-refractivity contribution is 0.103. The maximum absolute atomic E-state index is 13.8. The molecule has 2 rings (SSSR count). The molecule has 0 aromatic heterocycles. The quantitative estimate of drug-likeness (QED) is 0.667. The normalized spacial score (nSPS) is 10.7. The summed E-state index contributed by atoms with van der Waals surface area (Å²) in [5.41, 5.74) is 0.889. The van der Waals surface area contributed by atoms with Gasteiger partial charge in [-0.05, 0) is 30.5 Å². The van der Waals surface area contributed by atoms with Gasteiger partial charge < -0.3 is 0 Å². The molecule has 0 unspecified atom stereocenters. The lowest BCUT2D eigenvalue weighted by Crippen LogP contribution is -2.07. The Kier molecular flexibility index (Phi) is 5.23. The Bertz CT molecular complexity index is 627. The Morgan fingerprint density at radius 1 is 1.10 bits per heavy atom. The van der Waals surface area contributed by atoms with Crippen LogP contribution >= 0.6 is 15.9 Å². The lowest BCUT2D eigenvalue weighted by atomic mass is 10.00. The fourth-order valence-electron chi connectivity index (χ4n) is 2.11. The van der Waals surface area contributed by atoms with Gasteiger partial charge in [0, 0.05) is 10.0 Å². The second-order valence-corrected chi connectivity index (χ2v) is 5.79. The highest BCUT2D eigenvalue weighted by Gasteiger charge is 2.19. The van der Waals surface area contributed by atoms with E-state index in [1.165, 1.54) is 0 Å². The minimum Gasteiger partial charge on any atom is -0.288 e. The molecule has 0 aliphatic heterocycles. The second-order valence-electron chi connectivity index (χ2n) is 4.87. The van der Waals surface area contributed by atoms with Crippen LogP contribution in [-0.2, 0) is 6.42 Å². The summed E-state index contributed by atoms with van der Waals surface area (Å²) in [6, 6.07) is 9.08. The molecule has 1 nitrogen and oxygen atoms in total. The first-order chi connectivity index (χ1) is 10.0. The maximum atomic E-state index is 13.8.